The van der Waals surface area contributed by atoms with Crippen LogP contribution in [0.25, 0.3) is 0 Å². The van der Waals surface area contributed by atoms with Gasteiger partial charge in [0, 0.05) is 12.8 Å². The highest BCUT2D eigenvalue weighted by Gasteiger charge is 2.28. The van der Waals surface area contributed by atoms with Crippen LogP contribution in [0.4, 0.5) is 0 Å². The van der Waals surface area contributed by atoms with Crippen LogP contribution >= 0.6 is 7.82 Å². The molecule has 13 heteroatoms. The molecule has 12 nitrogen and oxygen atoms in total. The first-order valence-electron chi connectivity index (χ1n) is 20.7. The molecule has 0 aliphatic rings. The van der Waals surface area contributed by atoms with Gasteiger partial charge in [0.25, 0.3) is 0 Å². The smallest absolute Gasteiger partial charge is 0.472 e. The monoisotopic (exact) mass is 821 g/mol. The van der Waals surface area contributed by atoms with Crippen LogP contribution in [0.3, 0.4) is 0 Å². The van der Waals surface area contributed by atoms with Crippen LogP contribution < -0.4 is 5.73 Å². The number of aliphatic hydroxyl groups excluding tert-OH is 1. The molecule has 5 N–H and O–H groups in total. The van der Waals surface area contributed by atoms with Crippen LogP contribution in [0.5, 0.6) is 0 Å². The summed E-state index contributed by atoms with van der Waals surface area (Å²) in [7, 11) is -4.74. The summed E-state index contributed by atoms with van der Waals surface area (Å²) in [6.45, 7) is 2.39. The standard InChI is InChI=1S/C44H72NO11P/c1-3-5-7-8-9-10-11-12-13-14-15-16-17-20-23-26-30-34-42(47)53-36-40(37-54-57(51,52)55-38-41(45)44(49)50)56-43(48)35-31-27-24-21-18-19-22-25-29-33-39(46)32-28-6-4-2/h5-7,9-10,12-13,15-16,22,25,28-29,33,39-41,46H,3-4,8,11,14,17-21,23-24,26-27,30-32,34-38,45H2,1-2H3,(H,49,50)(H,51,52)/b7-5-,10-9-,13-12-,16-15-,25-22+,28-6+,33-29+/t39?,40-,41+/m1/s1. The highest BCUT2D eigenvalue weighted by atomic mass is 31.2. The lowest BCUT2D eigenvalue weighted by Gasteiger charge is -2.20. The second kappa shape index (κ2) is 38.2. The Bertz CT molecular complexity index is 1300. The van der Waals surface area contributed by atoms with Crippen molar-refractivity contribution < 1.29 is 52.6 Å². The summed E-state index contributed by atoms with van der Waals surface area (Å²) in [6.07, 6.45) is 42.6. The first-order chi connectivity index (χ1) is 27.5. The van der Waals surface area contributed by atoms with Gasteiger partial charge < -0.3 is 30.3 Å². The number of rotatable bonds is 37. The molecule has 0 heterocycles. The number of aliphatic hydroxyl groups is 1. The van der Waals surface area contributed by atoms with Crippen molar-refractivity contribution in [2.75, 3.05) is 19.8 Å². The molecule has 0 aromatic rings. The van der Waals surface area contributed by atoms with E-state index in [1.165, 1.54) is 0 Å². The van der Waals surface area contributed by atoms with Gasteiger partial charge in [-0.1, -0.05) is 131 Å². The van der Waals surface area contributed by atoms with Crippen LogP contribution in [-0.4, -0.2) is 71.1 Å². The number of hydrogen-bond donors (Lipinski definition) is 4. The van der Waals surface area contributed by atoms with Gasteiger partial charge in [0.1, 0.15) is 12.6 Å². The summed E-state index contributed by atoms with van der Waals surface area (Å²) in [5.41, 5.74) is 5.32. The lowest BCUT2D eigenvalue weighted by molar-refractivity contribution is -0.161. The molecule has 0 saturated carbocycles. The maximum atomic E-state index is 12.6. The minimum atomic E-state index is -4.74. The van der Waals surface area contributed by atoms with E-state index in [4.69, 9.17) is 24.8 Å². The van der Waals surface area contributed by atoms with Crippen molar-refractivity contribution in [3.63, 3.8) is 0 Å². The van der Waals surface area contributed by atoms with Crippen molar-refractivity contribution in [2.45, 2.75) is 154 Å². The van der Waals surface area contributed by atoms with Crippen LogP contribution in [-0.2, 0) is 37.5 Å². The fraction of sp³-hybridized carbons (Fsp3) is 0.614. The number of aliphatic carboxylic acids is 1. The minimum Gasteiger partial charge on any atom is -0.480 e. The van der Waals surface area contributed by atoms with Gasteiger partial charge >= 0.3 is 25.7 Å². The summed E-state index contributed by atoms with van der Waals surface area (Å²) in [5.74, 6) is -2.49. The van der Waals surface area contributed by atoms with Crippen LogP contribution in [0.15, 0.2) is 85.1 Å². The number of hydrogen-bond acceptors (Lipinski definition) is 10. The Labute approximate surface area is 342 Å². The lowest BCUT2D eigenvalue weighted by atomic mass is 10.1. The number of carbonyl (C=O) groups excluding carboxylic acids is 2. The zero-order chi connectivity index (χ0) is 42.2. The number of phosphoric ester groups is 1. The molecule has 2 unspecified atom stereocenters. The van der Waals surface area contributed by atoms with Gasteiger partial charge in [-0.05, 0) is 77.0 Å². The summed E-state index contributed by atoms with van der Waals surface area (Å²) in [6, 6.07) is -1.54. The average molecular weight is 822 g/mol. The van der Waals surface area contributed by atoms with E-state index in [9.17, 15) is 28.9 Å². The van der Waals surface area contributed by atoms with Gasteiger partial charge in [-0.3, -0.25) is 23.4 Å². The predicted molar refractivity (Wildman–Crippen MR) is 227 cm³/mol. The number of nitrogens with two attached hydrogens (primary N) is 1. The minimum absolute atomic E-state index is 0.104. The van der Waals surface area contributed by atoms with Gasteiger partial charge in [-0.25, -0.2) is 4.57 Å². The van der Waals surface area contributed by atoms with E-state index in [1.807, 2.05) is 24.3 Å². The predicted octanol–water partition coefficient (Wildman–Crippen LogP) is 9.69. The molecule has 0 amide bonds. The highest BCUT2D eigenvalue weighted by molar-refractivity contribution is 7.47. The summed E-state index contributed by atoms with van der Waals surface area (Å²) in [4.78, 5) is 45.9. The first-order valence-corrected chi connectivity index (χ1v) is 22.2. The molecule has 0 spiro atoms. The molecular formula is C44H72NO11P. The van der Waals surface area contributed by atoms with Crippen LogP contribution in [0, 0.1) is 0 Å². The third-order valence-corrected chi connectivity index (χ3v) is 9.17. The largest absolute Gasteiger partial charge is 0.480 e. The Kier molecular flexibility index (Phi) is 35.9. The second-order valence-corrected chi connectivity index (χ2v) is 15.0. The quantitative estimate of drug-likeness (QED) is 0.0153. The van der Waals surface area contributed by atoms with E-state index >= 15 is 0 Å². The topological polar surface area (TPSA) is 192 Å². The average Bonchev–Trinajstić information content (AvgIpc) is 3.18. The SMILES string of the molecule is CC/C=C\C/C=C\C/C=C\C/C=C\CCCCCCC(=O)OC[C@H](COP(=O)(O)OC[C@H](N)C(=O)O)OC(=O)CCCCCCC/C=C/C=C/C(O)C/C=C/CC. The van der Waals surface area contributed by atoms with Crippen molar-refractivity contribution in [3.05, 3.63) is 85.1 Å². The number of phosphoric acid groups is 1. The maximum Gasteiger partial charge on any atom is 0.472 e. The first kappa shape index (κ1) is 53.6. The third kappa shape index (κ3) is 37.9. The zero-order valence-corrected chi connectivity index (χ0v) is 35.4. The lowest BCUT2D eigenvalue weighted by Crippen LogP contribution is -2.34. The molecule has 4 atom stereocenters. The number of esters is 2. The van der Waals surface area contributed by atoms with Crippen molar-refractivity contribution in [1.29, 1.82) is 0 Å². The molecule has 0 radical (unpaired) electrons. The van der Waals surface area contributed by atoms with E-state index in [0.29, 0.717) is 19.3 Å². The van der Waals surface area contributed by atoms with Gasteiger partial charge in [0.05, 0.1) is 19.3 Å². The Morgan fingerprint density at radius 3 is 1.75 bits per heavy atom. The number of carbonyl (C=O) groups is 3. The summed E-state index contributed by atoms with van der Waals surface area (Å²) in [5, 5.41) is 18.7. The number of carboxylic acid groups (broad SMARTS) is 1. The van der Waals surface area contributed by atoms with E-state index in [0.717, 1.165) is 89.9 Å². The van der Waals surface area contributed by atoms with E-state index in [-0.39, 0.29) is 19.4 Å². The number of unbranched alkanes of at least 4 members (excludes halogenated alkanes) is 9. The molecule has 0 saturated heterocycles. The van der Waals surface area contributed by atoms with Gasteiger partial charge in [-0.2, -0.15) is 0 Å². The van der Waals surface area contributed by atoms with E-state index < -0.39 is 57.2 Å². The Hall–Kier alpha value is -3.38. The van der Waals surface area contributed by atoms with E-state index in [1.54, 1.807) is 6.08 Å². The van der Waals surface area contributed by atoms with E-state index in [2.05, 4.69) is 73.1 Å². The van der Waals surface area contributed by atoms with Crippen LogP contribution in [0.1, 0.15) is 136 Å². The number of carboxylic acids is 1. The Morgan fingerprint density at radius 1 is 0.632 bits per heavy atom. The summed E-state index contributed by atoms with van der Waals surface area (Å²) < 4.78 is 32.6. The van der Waals surface area contributed by atoms with Crippen molar-refractivity contribution >= 4 is 25.7 Å². The summed E-state index contributed by atoms with van der Waals surface area (Å²) >= 11 is 0. The molecule has 0 aliphatic heterocycles. The molecule has 0 rings (SSSR count). The fourth-order valence-electron chi connectivity index (χ4n) is 4.97. The number of allylic oxidation sites excluding steroid dienone is 12. The third-order valence-electron chi connectivity index (χ3n) is 8.22. The van der Waals surface area contributed by atoms with Gasteiger partial charge in [0.15, 0.2) is 6.10 Å². The van der Waals surface area contributed by atoms with Crippen molar-refractivity contribution in [2.24, 2.45) is 5.73 Å². The molecule has 57 heavy (non-hydrogen) atoms. The molecule has 0 aromatic carbocycles. The Morgan fingerprint density at radius 2 is 1.14 bits per heavy atom. The van der Waals surface area contributed by atoms with Gasteiger partial charge in [-0.15, -0.1) is 0 Å². The highest BCUT2D eigenvalue weighted by Crippen LogP contribution is 2.43. The van der Waals surface area contributed by atoms with Crippen molar-refractivity contribution in [1.82, 2.24) is 0 Å². The molecule has 0 bridgehead atoms. The number of ether oxygens (including phenoxy) is 2. The molecular weight excluding hydrogens is 749 g/mol. The fourth-order valence-corrected chi connectivity index (χ4v) is 5.75. The normalized spacial score (nSPS) is 15.2. The molecule has 0 aromatic heterocycles. The second-order valence-electron chi connectivity index (χ2n) is 13.6. The van der Waals surface area contributed by atoms with Crippen LogP contribution in [0.2, 0.25) is 0 Å². The zero-order valence-electron chi connectivity index (χ0n) is 34.5. The Balaban J connectivity index is 4.52. The molecule has 324 valence electrons. The molecule has 0 fully saturated rings. The molecule has 0 aliphatic carbocycles. The van der Waals surface area contributed by atoms with Gasteiger partial charge in [0.2, 0.25) is 0 Å². The maximum absolute atomic E-state index is 12.6. The van der Waals surface area contributed by atoms with Crippen molar-refractivity contribution in [3.8, 4) is 0 Å².